The first-order valence-electron chi connectivity index (χ1n) is 50.4. The first-order chi connectivity index (χ1) is 73.4. The zero-order chi connectivity index (χ0) is 96.3. The van der Waals surface area contributed by atoms with Crippen LogP contribution in [0, 0.1) is 0 Å². The Morgan fingerprint density at radius 2 is 0.568 bits per heavy atom. The van der Waals surface area contributed by atoms with Gasteiger partial charge < -0.3 is 37.6 Å². The second-order valence-electron chi connectivity index (χ2n) is 39.6. The lowest BCUT2D eigenvalue weighted by molar-refractivity contribution is 0.669. The van der Waals surface area contributed by atoms with Crippen molar-refractivity contribution in [2.24, 2.45) is 0 Å². The number of fused-ring (bicyclic) bond motifs is 55. The molecule has 26 aromatic carbocycles. The molecule has 36 aromatic rings. The number of aromatic amines is 4. The third-order valence-electron chi connectivity index (χ3n) is 31.7. The lowest BCUT2D eigenvalue weighted by Crippen LogP contribution is -1.83. The van der Waals surface area contributed by atoms with E-state index in [-0.39, 0.29) is 0 Å². The Hall–Kier alpha value is -19.1. The zero-order valence-electron chi connectivity index (χ0n) is 79.2. The number of thiophene rings is 2. The van der Waals surface area contributed by atoms with Crippen LogP contribution >= 0.6 is 22.7 Å². The van der Waals surface area contributed by atoms with Crippen molar-refractivity contribution >= 4 is 335 Å². The van der Waals surface area contributed by atoms with Gasteiger partial charge in [-0.05, 0) is 211 Å². The van der Waals surface area contributed by atoms with E-state index in [1.165, 1.54) is 236 Å². The van der Waals surface area contributed by atoms with E-state index >= 15 is 0 Å². The third-order valence-corrected chi connectivity index (χ3v) is 34.1. The predicted molar refractivity (Wildman–Crippen MR) is 632 cm³/mol. The van der Waals surface area contributed by atoms with Gasteiger partial charge in [0.1, 0.15) is 27.9 Å². The molecule has 0 atom stereocenters. The van der Waals surface area contributed by atoms with Crippen molar-refractivity contribution in [3.8, 4) is 33.4 Å². The molecule has 0 saturated carbocycles. The molecule has 0 unspecified atom stereocenters. The Kier molecular flexibility index (Phi) is 17.2. The highest BCUT2D eigenvalue weighted by Crippen LogP contribution is 2.54. The lowest BCUT2D eigenvalue weighted by atomic mass is 9.94. The van der Waals surface area contributed by atoms with Gasteiger partial charge in [-0.3, -0.25) is 0 Å². The minimum atomic E-state index is 0.911. The van der Waals surface area contributed by atoms with Crippen LogP contribution in [0.5, 0.6) is 0 Å². The topological polar surface area (TPSA) is 116 Å². The molecule has 0 fully saturated rings. The molecule has 686 valence electrons. The molecule has 10 aromatic heterocycles. The Morgan fingerprint density at radius 1 is 0.142 bits per heavy atom. The highest BCUT2D eigenvalue weighted by molar-refractivity contribution is 7.28. The van der Waals surface area contributed by atoms with Crippen molar-refractivity contribution in [2.75, 3.05) is 0 Å². The van der Waals surface area contributed by atoms with Gasteiger partial charge in [-0.15, -0.1) is 22.7 Å². The minimum absolute atomic E-state index is 0.911. The molecule has 0 aliphatic carbocycles. The number of furan rings is 4. The number of rotatable bonds is 3. The van der Waals surface area contributed by atoms with Crippen LogP contribution in [-0.4, -0.2) is 19.9 Å². The van der Waals surface area contributed by atoms with Gasteiger partial charge in [-0.25, -0.2) is 0 Å². The van der Waals surface area contributed by atoms with Gasteiger partial charge in [0.2, 0.25) is 0 Å². The fraction of sp³-hybridized carbons (Fsp3) is 0. The molecule has 0 spiro atoms. The maximum absolute atomic E-state index is 6.77. The van der Waals surface area contributed by atoms with Gasteiger partial charge in [0.25, 0.3) is 0 Å². The average Bonchev–Trinajstić information content (AvgIpc) is 1.56. The van der Waals surface area contributed by atoms with E-state index in [2.05, 4.69) is 457 Å². The second kappa shape index (κ2) is 31.2. The van der Waals surface area contributed by atoms with E-state index in [0.29, 0.717) is 0 Å². The first kappa shape index (κ1) is 81.4. The average molecular weight is 1920 g/mol. The van der Waals surface area contributed by atoms with E-state index in [0.717, 1.165) is 110 Å². The van der Waals surface area contributed by atoms with Crippen molar-refractivity contribution < 1.29 is 17.7 Å². The van der Waals surface area contributed by atoms with Crippen LogP contribution in [0.25, 0.3) is 346 Å². The molecule has 10 heterocycles. The molecule has 0 aliphatic heterocycles. The fourth-order valence-corrected chi connectivity index (χ4v) is 27.5. The molecule has 0 saturated heterocycles. The Bertz CT molecular complexity index is 12100. The molecule has 0 amide bonds. The second-order valence-corrected chi connectivity index (χ2v) is 41.7. The number of H-pyrrole nitrogens is 4. The Labute approximate surface area is 848 Å². The molecule has 0 radical (unpaired) electrons. The first-order valence-corrected chi connectivity index (χ1v) is 52.1. The normalized spacial score (nSPS) is 12.3. The monoisotopic (exact) mass is 1920 g/mol. The summed E-state index contributed by atoms with van der Waals surface area (Å²) in [4.78, 5) is 15.0. The van der Waals surface area contributed by atoms with Crippen LogP contribution in [0.15, 0.2) is 467 Å². The summed E-state index contributed by atoms with van der Waals surface area (Å²) in [5.41, 5.74) is 23.7. The molecular formula is C138H78N4O4S2. The van der Waals surface area contributed by atoms with Gasteiger partial charge in [0, 0.05) is 149 Å². The number of aromatic nitrogens is 4. The highest BCUT2D eigenvalue weighted by atomic mass is 32.1. The van der Waals surface area contributed by atoms with Crippen molar-refractivity contribution in [3.05, 3.63) is 449 Å². The summed E-state index contributed by atoms with van der Waals surface area (Å²) in [5, 5.41) is 47.0. The van der Waals surface area contributed by atoms with E-state index in [1.54, 1.807) is 0 Å². The van der Waals surface area contributed by atoms with E-state index in [9.17, 15) is 0 Å². The number of benzene rings is 26. The van der Waals surface area contributed by atoms with Gasteiger partial charge in [0.05, 0.1) is 32.3 Å². The zero-order valence-corrected chi connectivity index (χ0v) is 80.8. The standard InChI is InChI=1S/C38H21NO2.C38H21NOS.C32H19NO.C30H17NS/c1-2-8-24-21(7-1)13-17-28-35-26-16-14-22(23-15-18-33-29(19-23)25-9-4-6-12-32(25)40-33)20-30(26)34-27-10-3-5-11-31(27)39-36(34)38(35)41-37(24)28;1-2-9-28-27(8-1)35-29-10-3-5-11-31(29)39-37(35)38-36(28)30-18-24-17-21(13-14-22(24)19-32(30)40-38)23-15-16-26-25-7-4-6-12-33(25)41-34(26)20-23;1-2-8-19(9-3-1)21-14-16-26-25(18-21)28-23-12-6-7-13-24(23)30-29-22-11-5-4-10-20(22)15-17-27(29)34-32(30)31(28)33-26;1-3-9-19-17(7-1)13-15-23-25-21-11-5-6-12-22(21)26-24-16-14-18-8-2-4-10-20(18)29(24)32-30(26)28(25)31-27(19)23/h2*1-20,39H;1-18,33H;1-16,31H. The predicted octanol–water partition coefficient (Wildman–Crippen LogP) is 41.0. The van der Waals surface area contributed by atoms with Gasteiger partial charge >= 0.3 is 0 Å². The summed E-state index contributed by atoms with van der Waals surface area (Å²) in [7, 11) is 0. The largest absolute Gasteiger partial charge is 0.456 e. The molecule has 8 nitrogen and oxygen atoms in total. The summed E-state index contributed by atoms with van der Waals surface area (Å²) in [5.74, 6) is 0. The van der Waals surface area contributed by atoms with Gasteiger partial charge in [-0.1, -0.05) is 358 Å². The number of hydrogen-bond acceptors (Lipinski definition) is 6. The summed E-state index contributed by atoms with van der Waals surface area (Å²) in [6.45, 7) is 0. The third kappa shape index (κ3) is 11.9. The van der Waals surface area contributed by atoms with Crippen molar-refractivity contribution in [1.29, 1.82) is 0 Å². The summed E-state index contributed by atoms with van der Waals surface area (Å²) < 4.78 is 31.5. The van der Waals surface area contributed by atoms with Crippen LogP contribution in [0.1, 0.15) is 0 Å². The van der Waals surface area contributed by atoms with Gasteiger partial charge in [-0.2, -0.15) is 0 Å². The van der Waals surface area contributed by atoms with Crippen LogP contribution in [-0.2, 0) is 0 Å². The van der Waals surface area contributed by atoms with Crippen molar-refractivity contribution in [1.82, 2.24) is 19.9 Å². The van der Waals surface area contributed by atoms with Crippen LogP contribution in [0.4, 0.5) is 0 Å². The molecule has 36 rings (SSSR count). The Balaban J connectivity index is 0.0000000863. The quantitative estimate of drug-likeness (QED) is 0.141. The molecule has 0 bridgehead atoms. The Morgan fingerprint density at radius 3 is 1.29 bits per heavy atom. The smallest absolute Gasteiger partial charge is 0.160 e. The van der Waals surface area contributed by atoms with Crippen molar-refractivity contribution in [2.45, 2.75) is 0 Å². The van der Waals surface area contributed by atoms with E-state index < -0.39 is 0 Å². The highest BCUT2D eigenvalue weighted by Gasteiger charge is 2.28. The molecular weight excluding hydrogens is 1840 g/mol. The SMILES string of the molecule is c1ccc(-c2ccc3[nH]c4c5oc6ccc7ccccc7c6c5c5ccccc5c4c3c2)cc1.c1ccc2c(c1)[nH]c1c3oc4cc5ccc(-c6ccc7c(c6)sc6ccccc67)cc5cc4c3c3ccccc3c21.c1ccc2c(c1)ccc1c2[nH]c2c3sc4c5ccccc5ccc4c3c3ccccc3c12.c1ccc2c(c1)ccc1c2oc2c3[nH]c4ccccc4c3c3cc(-c4ccc5oc6ccccc6c5c4)ccc3c12. The summed E-state index contributed by atoms with van der Waals surface area (Å²) in [6, 6.07) is 161. The fourth-order valence-electron chi connectivity index (χ4n) is 25.0. The van der Waals surface area contributed by atoms with Crippen molar-refractivity contribution in [3.63, 3.8) is 0 Å². The maximum Gasteiger partial charge on any atom is 0.160 e. The lowest BCUT2D eigenvalue weighted by Gasteiger charge is -2.08. The van der Waals surface area contributed by atoms with E-state index in [1.807, 2.05) is 34.8 Å². The number of para-hydroxylation sites is 3. The molecule has 0 aliphatic rings. The summed E-state index contributed by atoms with van der Waals surface area (Å²) in [6.07, 6.45) is 0. The molecule has 10 heteroatoms. The van der Waals surface area contributed by atoms with E-state index in [4.69, 9.17) is 17.7 Å². The van der Waals surface area contributed by atoms with Crippen LogP contribution < -0.4 is 0 Å². The molecule has 4 N–H and O–H groups in total. The van der Waals surface area contributed by atoms with Crippen LogP contribution in [0.3, 0.4) is 0 Å². The minimum Gasteiger partial charge on any atom is -0.456 e. The summed E-state index contributed by atoms with van der Waals surface area (Å²) >= 11 is 3.79. The number of hydrogen-bond donors (Lipinski definition) is 4. The van der Waals surface area contributed by atoms with Crippen LogP contribution in [0.2, 0.25) is 0 Å². The van der Waals surface area contributed by atoms with Gasteiger partial charge in [0.15, 0.2) is 16.7 Å². The molecule has 148 heavy (non-hydrogen) atoms. The maximum atomic E-state index is 6.77. The number of nitrogens with one attached hydrogen (secondary N) is 4.